The van der Waals surface area contributed by atoms with Gasteiger partial charge < -0.3 is 33.5 Å². The predicted molar refractivity (Wildman–Crippen MR) is 246 cm³/mol. The molecule has 0 aliphatic carbocycles. The maximum Gasteiger partial charge on any atom is 0.297 e. The predicted octanol–water partition coefficient (Wildman–Crippen LogP) is 8.17. The lowest BCUT2D eigenvalue weighted by Crippen LogP contribution is -2.53. The molecule has 0 unspecified atom stereocenters. The largest absolute Gasteiger partial charge is 0.396 e. The Kier molecular flexibility index (Phi) is 20.3. The number of hydrogen-bond donors (Lipinski definition) is 1. The summed E-state index contributed by atoms with van der Waals surface area (Å²) in [6.45, 7) is 16.9. The minimum Gasteiger partial charge on any atom is -0.396 e. The molecule has 0 radical (unpaired) electrons. The first-order chi connectivity index (χ1) is 31.1. The standard InChI is InChI=1S/C25H34O7S.C25H32O6S/c1-18-10-12-22(13-11-18)33(27,28)31-17-23-19(2)20(3)24(25(32-23)29-15-7-14-26)30-16-21-8-5-4-6-9-21;1-5-15-28-25-24(29-16-21-9-7-6-8-10-21)20(4)19(3)23(31-25)17-30-32(26,27)22-13-11-18(2)12-14-22/h4-6,8-13,19-20,23-26H,7,14-17H2,1-3H3;5-14,19-20,23-25H,1,15-17H2,2-4H3/t2*19-,20-,23+,24+,25-/m00/s1. The number of aliphatic hydroxyl groups is 1. The molecular weight excluding hydrogens is 873 g/mol. The summed E-state index contributed by atoms with van der Waals surface area (Å²) in [7, 11) is -7.78. The number of benzene rings is 4. The molecule has 2 aliphatic heterocycles. The molecule has 65 heavy (non-hydrogen) atoms. The Morgan fingerprint density at radius 3 is 1.35 bits per heavy atom. The Hall–Kier alpha value is -3.84. The fourth-order valence-electron chi connectivity index (χ4n) is 7.45. The molecule has 4 aromatic carbocycles. The van der Waals surface area contributed by atoms with Crippen LogP contribution in [0.25, 0.3) is 0 Å². The third-order valence-electron chi connectivity index (χ3n) is 11.9. The van der Waals surface area contributed by atoms with E-state index in [2.05, 4.69) is 13.5 Å². The average Bonchev–Trinajstić information content (AvgIpc) is 3.30. The molecular formula is C50H66O13S2. The molecule has 2 fully saturated rings. The second-order valence-electron chi connectivity index (χ2n) is 16.7. The third kappa shape index (κ3) is 15.3. The maximum absolute atomic E-state index is 12.6. The fraction of sp³-hybridized carbons (Fsp3) is 0.480. The summed E-state index contributed by atoms with van der Waals surface area (Å²) in [5.41, 5.74) is 4.05. The molecule has 2 saturated heterocycles. The SMILES string of the molecule is C=CCO[C@H]1O[C@H](COS(=O)(=O)c2ccc(C)cc2)[C@@H](C)[C@H](C)[C@H]1OCc1ccccc1.Cc1ccc(S(=O)(=O)OC[C@H]2O[C@H](OCCCO)[C@H](OCc3ccccc3)[C@@H](C)[C@@H]2C)cc1. The lowest BCUT2D eigenvalue weighted by molar-refractivity contribution is -0.286. The monoisotopic (exact) mass is 938 g/mol. The van der Waals surface area contributed by atoms with E-state index in [4.69, 9.17) is 41.9 Å². The van der Waals surface area contributed by atoms with Crippen LogP contribution in [0.15, 0.2) is 132 Å². The van der Waals surface area contributed by atoms with E-state index in [1.807, 2.05) is 95.3 Å². The molecule has 2 aliphatic rings. The molecule has 10 atom stereocenters. The molecule has 356 valence electrons. The number of hydrogen-bond acceptors (Lipinski definition) is 13. The highest BCUT2D eigenvalue weighted by molar-refractivity contribution is 7.87. The molecule has 0 spiro atoms. The van der Waals surface area contributed by atoms with Crippen LogP contribution in [0, 0.1) is 37.5 Å². The van der Waals surface area contributed by atoms with Crippen molar-refractivity contribution in [2.45, 2.75) is 108 Å². The lowest BCUT2D eigenvalue weighted by atomic mass is 9.83. The van der Waals surface area contributed by atoms with Gasteiger partial charge in [0, 0.05) is 6.61 Å². The van der Waals surface area contributed by atoms with Crippen molar-refractivity contribution in [2.24, 2.45) is 23.7 Å². The summed E-state index contributed by atoms with van der Waals surface area (Å²) >= 11 is 0. The van der Waals surface area contributed by atoms with Crippen LogP contribution in [-0.2, 0) is 70.2 Å². The highest BCUT2D eigenvalue weighted by atomic mass is 32.2. The number of aliphatic hydroxyl groups excluding tert-OH is 1. The van der Waals surface area contributed by atoms with Gasteiger partial charge in [-0.15, -0.1) is 6.58 Å². The Bertz CT molecular complexity index is 2220. The smallest absolute Gasteiger partial charge is 0.297 e. The van der Waals surface area contributed by atoms with Gasteiger partial charge in [0.05, 0.1) is 61.6 Å². The summed E-state index contributed by atoms with van der Waals surface area (Å²) in [4.78, 5) is 0.243. The van der Waals surface area contributed by atoms with Crippen LogP contribution in [0.2, 0.25) is 0 Å². The van der Waals surface area contributed by atoms with Crippen molar-refractivity contribution in [3.63, 3.8) is 0 Å². The highest BCUT2D eigenvalue weighted by Gasteiger charge is 2.45. The van der Waals surface area contributed by atoms with E-state index in [0.717, 1.165) is 22.3 Å². The van der Waals surface area contributed by atoms with Gasteiger partial charge >= 0.3 is 0 Å². The number of ether oxygens (including phenoxy) is 6. The first-order valence-electron chi connectivity index (χ1n) is 22.1. The van der Waals surface area contributed by atoms with Crippen molar-refractivity contribution in [3.8, 4) is 0 Å². The van der Waals surface area contributed by atoms with E-state index in [0.29, 0.717) is 32.8 Å². The van der Waals surface area contributed by atoms with E-state index in [-0.39, 0.29) is 65.5 Å². The minimum absolute atomic E-state index is 0.00688. The molecule has 15 heteroatoms. The molecule has 1 N–H and O–H groups in total. The van der Waals surface area contributed by atoms with Crippen LogP contribution in [-0.4, -0.2) is 92.0 Å². The van der Waals surface area contributed by atoms with E-state index in [1.54, 1.807) is 42.5 Å². The van der Waals surface area contributed by atoms with Gasteiger partial charge in [0.1, 0.15) is 12.2 Å². The van der Waals surface area contributed by atoms with Gasteiger partial charge in [-0.3, -0.25) is 8.37 Å². The lowest BCUT2D eigenvalue weighted by Gasteiger charge is -2.44. The minimum atomic E-state index is -3.90. The molecule has 13 nitrogen and oxygen atoms in total. The second-order valence-corrected chi connectivity index (χ2v) is 19.9. The van der Waals surface area contributed by atoms with Gasteiger partial charge in [-0.25, -0.2) is 0 Å². The van der Waals surface area contributed by atoms with Crippen LogP contribution in [0.1, 0.15) is 56.4 Å². The van der Waals surface area contributed by atoms with Crippen LogP contribution >= 0.6 is 0 Å². The van der Waals surface area contributed by atoms with E-state index < -0.39 is 45.0 Å². The van der Waals surface area contributed by atoms with Crippen molar-refractivity contribution in [1.29, 1.82) is 0 Å². The van der Waals surface area contributed by atoms with Gasteiger partial charge in [0.2, 0.25) is 0 Å². The van der Waals surface area contributed by atoms with Crippen molar-refractivity contribution < 1.29 is 58.7 Å². The summed E-state index contributed by atoms with van der Waals surface area (Å²) in [5, 5.41) is 9.12. The quantitative estimate of drug-likeness (QED) is 0.0484. The Morgan fingerprint density at radius 1 is 0.569 bits per heavy atom. The zero-order chi connectivity index (χ0) is 47.0. The molecule has 0 aromatic heterocycles. The summed E-state index contributed by atoms with van der Waals surface area (Å²) in [6, 6.07) is 32.9. The molecule has 6 rings (SSSR count). The topological polar surface area (TPSA) is 162 Å². The molecule has 0 amide bonds. The molecule has 2 heterocycles. The van der Waals surface area contributed by atoms with Gasteiger partial charge in [0.15, 0.2) is 12.6 Å². The molecule has 0 bridgehead atoms. The highest BCUT2D eigenvalue weighted by Crippen LogP contribution is 2.36. The second kappa shape index (κ2) is 25.3. The van der Waals surface area contributed by atoms with E-state index in [1.165, 1.54) is 12.1 Å². The number of aryl methyl sites for hydroxylation is 2. The average molecular weight is 939 g/mol. The van der Waals surface area contributed by atoms with Gasteiger partial charge in [-0.05, 0) is 79.3 Å². The van der Waals surface area contributed by atoms with Crippen molar-refractivity contribution in [3.05, 3.63) is 144 Å². The van der Waals surface area contributed by atoms with Gasteiger partial charge in [0.25, 0.3) is 20.2 Å². The molecule has 4 aromatic rings. The van der Waals surface area contributed by atoms with Crippen LogP contribution in [0.3, 0.4) is 0 Å². The van der Waals surface area contributed by atoms with Gasteiger partial charge in [-0.1, -0.05) is 130 Å². The Morgan fingerprint density at radius 2 is 0.969 bits per heavy atom. The Balaban J connectivity index is 0.000000244. The summed E-state index contributed by atoms with van der Waals surface area (Å²) in [5.74, 6) is 0.0412. The maximum atomic E-state index is 12.6. The normalized spacial score (nSPS) is 25.9. The zero-order valence-corrected chi connectivity index (χ0v) is 39.9. The first-order valence-corrected chi connectivity index (χ1v) is 24.9. The van der Waals surface area contributed by atoms with E-state index >= 15 is 0 Å². The van der Waals surface area contributed by atoms with Crippen LogP contribution in [0.4, 0.5) is 0 Å². The number of rotatable bonds is 21. The van der Waals surface area contributed by atoms with Crippen molar-refractivity contribution in [2.75, 3.05) is 33.0 Å². The van der Waals surface area contributed by atoms with Crippen LogP contribution in [0.5, 0.6) is 0 Å². The van der Waals surface area contributed by atoms with Gasteiger partial charge in [-0.2, -0.15) is 16.8 Å². The Labute approximate surface area is 386 Å². The van der Waals surface area contributed by atoms with E-state index in [9.17, 15) is 16.8 Å². The molecule has 0 saturated carbocycles. The summed E-state index contributed by atoms with van der Waals surface area (Å²) in [6.07, 6.45) is -0.835. The van der Waals surface area contributed by atoms with Crippen molar-refractivity contribution in [1.82, 2.24) is 0 Å². The fourth-order valence-corrected chi connectivity index (χ4v) is 9.29. The van der Waals surface area contributed by atoms with Crippen molar-refractivity contribution >= 4 is 20.2 Å². The zero-order valence-electron chi connectivity index (χ0n) is 38.3. The first kappa shape index (κ1) is 52.1. The summed E-state index contributed by atoms with van der Waals surface area (Å²) < 4.78 is 97.6. The third-order valence-corrected chi connectivity index (χ3v) is 14.5. The van der Waals surface area contributed by atoms with Crippen LogP contribution < -0.4 is 0 Å².